The van der Waals surface area contributed by atoms with Crippen LogP contribution in [0.1, 0.15) is 150 Å². The minimum absolute atomic E-state index is 0.00554. The second kappa shape index (κ2) is 34.7. The molecule has 0 aliphatic carbocycles. The van der Waals surface area contributed by atoms with Gasteiger partial charge in [-0.1, -0.05) is 67.4 Å². The Hall–Kier alpha value is -6.93. The van der Waals surface area contributed by atoms with Gasteiger partial charge in [0.25, 0.3) is 0 Å². The monoisotopic (exact) mass is 1290 g/mol. The number of rotatable bonds is 13. The first kappa shape index (κ1) is 76.5. The molecule has 3 N–H and O–H groups in total. The van der Waals surface area contributed by atoms with E-state index in [1.807, 2.05) is 41.5 Å². The summed E-state index contributed by atoms with van der Waals surface area (Å²) in [6.45, 7) is 15.6. The van der Waals surface area contributed by atoms with Crippen LogP contribution in [0.3, 0.4) is 0 Å². The molecule has 512 valence electrons. The second-order valence-electron chi connectivity index (χ2n) is 25.5. The van der Waals surface area contributed by atoms with E-state index in [9.17, 15) is 70.3 Å². The van der Waals surface area contributed by atoms with E-state index in [-0.39, 0.29) is 101 Å². The van der Waals surface area contributed by atoms with Crippen LogP contribution in [-0.2, 0) is 70.1 Å². The van der Waals surface area contributed by atoms with Crippen molar-refractivity contribution < 1.29 is 75.0 Å². The molecule has 1 unspecified atom stereocenters. The lowest BCUT2D eigenvalue weighted by Crippen LogP contribution is -2.65. The lowest BCUT2D eigenvalue weighted by molar-refractivity contribution is -0.161. The van der Waals surface area contributed by atoms with E-state index in [0.717, 1.165) is 15.9 Å². The molecule has 3 fully saturated rings. The van der Waals surface area contributed by atoms with Gasteiger partial charge >= 0.3 is 6.18 Å². The second-order valence-corrected chi connectivity index (χ2v) is 25.5. The summed E-state index contributed by atoms with van der Waals surface area (Å²) in [5, 5.41) is 8.38. The Bertz CT molecular complexity index is 2740. The molecule has 4 rings (SSSR count). The number of carbonyl (C=O) groups is 11. The quantitative estimate of drug-likeness (QED) is 0.185. The molecule has 91 heavy (non-hydrogen) atoms. The number of aryl methyl sites for hydroxylation is 1. The van der Waals surface area contributed by atoms with Crippen LogP contribution >= 0.6 is 0 Å². The molecule has 0 bridgehead atoms. The van der Waals surface area contributed by atoms with E-state index in [2.05, 4.69) is 16.0 Å². The summed E-state index contributed by atoms with van der Waals surface area (Å²) in [5.41, 5.74) is -1.42. The molecule has 3 aliphatic heterocycles. The molecule has 0 spiro atoms. The van der Waals surface area contributed by atoms with E-state index >= 15 is 0 Å². The Morgan fingerprint density at radius 3 is 1.88 bits per heavy atom. The van der Waals surface area contributed by atoms with Gasteiger partial charge in [0, 0.05) is 87.4 Å². The summed E-state index contributed by atoms with van der Waals surface area (Å²) in [5.74, 6) is -8.91. The van der Waals surface area contributed by atoms with Crippen molar-refractivity contribution in [2.45, 2.75) is 206 Å². The van der Waals surface area contributed by atoms with Crippen molar-refractivity contribution in [3.63, 3.8) is 0 Å². The van der Waals surface area contributed by atoms with Gasteiger partial charge in [-0.3, -0.25) is 52.7 Å². The van der Waals surface area contributed by atoms with Gasteiger partial charge in [0.1, 0.15) is 54.2 Å². The highest BCUT2D eigenvalue weighted by atomic mass is 19.4. The maximum Gasteiger partial charge on any atom is 0.419 e. The molecule has 3 aliphatic rings. The van der Waals surface area contributed by atoms with E-state index in [1.165, 1.54) is 64.5 Å². The number of alkyl halides is 3. The molecule has 11 amide bonds. The standard InChI is InChI=1S/C64H101F4N11O12/c1-16-32-91-37-50-60(87)72(10)36-51(80)70-46(27-25-43-24-26-44(45(65)35-43)64(66,67)68)59(86)78-30-21-22-47(78)56(83)69-29-20-19-23-52(81)77(15)55(40(7)18-3)63(90)73(11)41(8)34-53(82)75(13)49(33-38(4)5)57(84)71-54(39(6)17-2)62(89)74(12)42(9)58(85)79-31-28-48(79)61(88)76(50)14/h24,26,35,38-42,46-50,54-55H,16-23,25,27-34,36-37H2,1-15H3,(H,69,83)(H,70,80)(H,71,84)/t39-,40-,41+,42-,46?,47-,48-,49-,50-,54-,55-/m0/s1. The zero-order valence-electron chi connectivity index (χ0n) is 56.1. The van der Waals surface area contributed by atoms with Crippen LogP contribution in [0.5, 0.6) is 0 Å². The van der Waals surface area contributed by atoms with Crippen LogP contribution < -0.4 is 16.0 Å². The fraction of sp³-hybridized carbons (Fsp3) is 0.734. The number of benzene rings is 1. The Kier molecular flexibility index (Phi) is 29.1. The number of carbonyl (C=O) groups excluding carboxylic acids is 11. The van der Waals surface area contributed by atoms with Crippen molar-refractivity contribution in [2.75, 3.05) is 81.7 Å². The third kappa shape index (κ3) is 20.0. The average molecular weight is 1290 g/mol. The van der Waals surface area contributed by atoms with Gasteiger partial charge in [-0.05, 0) is 107 Å². The fourth-order valence-corrected chi connectivity index (χ4v) is 11.6. The SMILES string of the molecule is CCCOC[C@H]1C(=O)N(C)CC(=O)NC(CCc2ccc(C(F)(F)F)c(F)c2)C(=O)N2CCC[C@H]2C(=O)NCCCCC(=O)N(C)[C@@H]([C@@H](C)CC)C(=O)N(C)[C@H](C)CC(=O)N(C)[C@@H](CC(C)C)C(=O)N[C@@H]([C@@H](C)CC)C(=O)N(C)[C@@H](C)C(=O)N2CC[C@H]2C(=O)N1C. The third-order valence-corrected chi connectivity index (χ3v) is 18.4. The fourth-order valence-electron chi connectivity index (χ4n) is 11.6. The molecular weight excluding hydrogens is 1190 g/mol. The Morgan fingerprint density at radius 1 is 0.648 bits per heavy atom. The smallest absolute Gasteiger partial charge is 0.379 e. The van der Waals surface area contributed by atoms with Gasteiger partial charge < -0.3 is 59.9 Å². The highest BCUT2D eigenvalue weighted by molar-refractivity contribution is 5.98. The summed E-state index contributed by atoms with van der Waals surface area (Å²) >= 11 is 0. The number of fused-ring (bicyclic) bond motifs is 2. The van der Waals surface area contributed by atoms with E-state index in [1.54, 1.807) is 27.9 Å². The number of halogens is 4. The van der Waals surface area contributed by atoms with Crippen LogP contribution in [0, 0.1) is 23.6 Å². The predicted molar refractivity (Wildman–Crippen MR) is 331 cm³/mol. The van der Waals surface area contributed by atoms with Crippen molar-refractivity contribution in [2.24, 2.45) is 17.8 Å². The van der Waals surface area contributed by atoms with Crippen LogP contribution in [0.2, 0.25) is 0 Å². The average Bonchev–Trinajstić information content (AvgIpc) is 1.18. The van der Waals surface area contributed by atoms with Crippen molar-refractivity contribution in [1.29, 1.82) is 0 Å². The molecule has 1 aromatic carbocycles. The molecule has 3 heterocycles. The van der Waals surface area contributed by atoms with Gasteiger partial charge in [0.15, 0.2) is 0 Å². The lowest BCUT2D eigenvalue weighted by atomic mass is 9.94. The zero-order valence-corrected chi connectivity index (χ0v) is 56.1. The highest BCUT2D eigenvalue weighted by Gasteiger charge is 2.46. The molecular formula is C64H101F4N11O12. The first-order chi connectivity index (χ1) is 42.6. The predicted octanol–water partition coefficient (Wildman–Crippen LogP) is 4.23. The Balaban J connectivity index is 1.73. The first-order valence-corrected chi connectivity index (χ1v) is 32.1. The van der Waals surface area contributed by atoms with Gasteiger partial charge in [-0.25, -0.2) is 4.39 Å². The number of ether oxygens (including phenoxy) is 1. The number of hydrogen-bond acceptors (Lipinski definition) is 12. The third-order valence-electron chi connectivity index (χ3n) is 18.4. The molecule has 1 aromatic rings. The Morgan fingerprint density at radius 2 is 1.30 bits per heavy atom. The van der Waals surface area contributed by atoms with Crippen molar-refractivity contribution in [1.82, 2.24) is 55.1 Å². The van der Waals surface area contributed by atoms with Crippen LogP contribution in [0.4, 0.5) is 17.6 Å². The molecule has 3 saturated heterocycles. The van der Waals surface area contributed by atoms with Gasteiger partial charge in [0.05, 0.1) is 18.7 Å². The Labute approximate surface area is 534 Å². The largest absolute Gasteiger partial charge is 0.419 e. The van der Waals surface area contributed by atoms with E-state index in [4.69, 9.17) is 4.74 Å². The number of likely N-dealkylation sites (N-methyl/N-ethyl adjacent to an activating group) is 6. The summed E-state index contributed by atoms with van der Waals surface area (Å²) in [7, 11) is 8.65. The molecule has 0 aromatic heterocycles. The normalized spacial score (nSPS) is 26.5. The van der Waals surface area contributed by atoms with Crippen LogP contribution in [0.15, 0.2) is 18.2 Å². The maximum atomic E-state index is 14.8. The summed E-state index contributed by atoms with van der Waals surface area (Å²) in [6, 6.07) is -7.54. The molecule has 0 radical (unpaired) electrons. The number of nitrogens with zero attached hydrogens (tertiary/aromatic N) is 8. The van der Waals surface area contributed by atoms with Crippen LogP contribution in [-0.4, -0.2) is 240 Å². The lowest BCUT2D eigenvalue weighted by Gasteiger charge is -2.45. The number of amides is 11. The van der Waals surface area contributed by atoms with Crippen molar-refractivity contribution >= 4 is 65.0 Å². The highest BCUT2D eigenvalue weighted by Crippen LogP contribution is 2.32. The van der Waals surface area contributed by atoms with Gasteiger partial charge in [-0.15, -0.1) is 0 Å². The molecule has 23 nitrogen and oxygen atoms in total. The van der Waals surface area contributed by atoms with Crippen molar-refractivity contribution in [3.05, 3.63) is 35.1 Å². The summed E-state index contributed by atoms with van der Waals surface area (Å²) < 4.78 is 61.2. The van der Waals surface area contributed by atoms with Gasteiger partial charge in [-0.2, -0.15) is 13.2 Å². The zero-order chi connectivity index (χ0) is 68.5. The van der Waals surface area contributed by atoms with E-state index in [0.29, 0.717) is 50.7 Å². The molecule has 27 heteroatoms. The number of hydrogen-bond donors (Lipinski definition) is 3. The summed E-state index contributed by atoms with van der Waals surface area (Å²) in [6.07, 6.45) is -2.49. The topological polar surface area (TPSA) is 259 Å². The summed E-state index contributed by atoms with van der Waals surface area (Å²) in [4.78, 5) is 168. The first-order valence-electron chi connectivity index (χ1n) is 32.1. The van der Waals surface area contributed by atoms with Gasteiger partial charge in [0.2, 0.25) is 65.0 Å². The molecule has 11 atom stereocenters. The minimum atomic E-state index is -4.98. The van der Waals surface area contributed by atoms with Crippen molar-refractivity contribution in [3.8, 4) is 0 Å². The number of nitrogens with one attached hydrogen (secondary N) is 3. The molecule has 0 saturated carbocycles. The van der Waals surface area contributed by atoms with Crippen LogP contribution in [0.25, 0.3) is 0 Å². The minimum Gasteiger partial charge on any atom is -0.379 e. The van der Waals surface area contributed by atoms with E-state index < -0.39 is 143 Å². The maximum absolute atomic E-state index is 14.8.